The molecule has 0 heterocycles. The molecule has 0 bridgehead atoms. The van der Waals surface area contributed by atoms with Gasteiger partial charge in [-0.15, -0.1) is 11.6 Å². The van der Waals surface area contributed by atoms with E-state index in [1.165, 1.54) is 128 Å². The van der Waals surface area contributed by atoms with E-state index in [1.807, 2.05) is 0 Å². The van der Waals surface area contributed by atoms with Gasteiger partial charge in [0.2, 0.25) is 0 Å². The molecular formula is C25H51Cl. The number of hydrogen-bond donors (Lipinski definition) is 0. The number of rotatable bonds is 21. The van der Waals surface area contributed by atoms with E-state index in [-0.39, 0.29) is 0 Å². The Labute approximate surface area is 172 Å². The normalized spacial score (nSPS) is 12.0. The lowest BCUT2D eigenvalue weighted by Gasteiger charge is -2.35. The molecule has 0 nitrogen and oxygen atoms in total. The summed E-state index contributed by atoms with van der Waals surface area (Å²) in [5.41, 5.74) is 0.679. The van der Waals surface area contributed by atoms with Crippen LogP contribution in [0.4, 0.5) is 0 Å². The minimum absolute atomic E-state index is 0.679. The van der Waals surface area contributed by atoms with E-state index in [9.17, 15) is 0 Å². The summed E-state index contributed by atoms with van der Waals surface area (Å²) in [6.45, 7) is 7.04. The first-order valence-corrected chi connectivity index (χ1v) is 12.8. The number of hydrogen-bond acceptors (Lipinski definition) is 0. The third-order valence-electron chi connectivity index (χ3n) is 6.27. The van der Waals surface area contributed by atoms with Gasteiger partial charge in [0, 0.05) is 5.88 Å². The fourth-order valence-corrected chi connectivity index (χ4v) is 4.67. The first kappa shape index (κ1) is 26.3. The molecule has 0 aromatic heterocycles. The Morgan fingerprint density at radius 3 is 1.08 bits per heavy atom. The molecular weight excluding hydrogens is 336 g/mol. The Morgan fingerprint density at radius 2 is 0.731 bits per heavy atom. The quantitative estimate of drug-likeness (QED) is 0.136. The fourth-order valence-electron chi connectivity index (χ4n) is 4.48. The Bertz CT molecular complexity index is 234. The van der Waals surface area contributed by atoms with E-state index in [2.05, 4.69) is 20.8 Å². The maximum Gasteiger partial charge on any atom is 0.0223 e. The molecule has 26 heavy (non-hydrogen) atoms. The molecule has 0 aliphatic rings. The lowest BCUT2D eigenvalue weighted by Crippen LogP contribution is -2.21. The van der Waals surface area contributed by atoms with Crippen molar-refractivity contribution in [2.75, 3.05) is 5.88 Å². The summed E-state index contributed by atoms with van der Waals surface area (Å²) in [7, 11) is 0. The second-order valence-corrected chi connectivity index (χ2v) is 9.16. The molecule has 0 atom stereocenters. The molecule has 0 aliphatic heterocycles. The molecule has 0 saturated carbocycles. The Kier molecular flexibility index (Phi) is 20.3. The smallest absolute Gasteiger partial charge is 0.0223 e. The standard InChI is InChI=1S/C25H51Cl/c1-4-7-15-20-25(21-16-8-5-2,22-17-9-6-3)23-18-13-11-10-12-14-19-24-26/h4-24H2,1-3H3. The SMILES string of the molecule is CCCCCC(CCCCC)(CCCCC)CCCCCCCCCCl. The van der Waals surface area contributed by atoms with Gasteiger partial charge in [-0.2, -0.15) is 0 Å². The van der Waals surface area contributed by atoms with Gasteiger partial charge in [-0.3, -0.25) is 0 Å². The molecule has 1 heteroatoms. The molecule has 0 fully saturated rings. The molecule has 0 unspecified atom stereocenters. The van der Waals surface area contributed by atoms with Gasteiger partial charge < -0.3 is 0 Å². The topological polar surface area (TPSA) is 0 Å². The van der Waals surface area contributed by atoms with E-state index < -0.39 is 0 Å². The number of unbranched alkanes of at least 4 members (excludes halogenated alkanes) is 12. The molecule has 0 saturated heterocycles. The minimum atomic E-state index is 0.679. The monoisotopic (exact) mass is 386 g/mol. The van der Waals surface area contributed by atoms with E-state index in [1.54, 1.807) is 0 Å². The number of alkyl halides is 1. The summed E-state index contributed by atoms with van der Waals surface area (Å²) in [6, 6.07) is 0. The first-order chi connectivity index (χ1) is 12.7. The second-order valence-electron chi connectivity index (χ2n) is 8.79. The molecule has 158 valence electrons. The van der Waals surface area contributed by atoms with Crippen LogP contribution in [-0.2, 0) is 0 Å². The molecule has 0 spiro atoms. The van der Waals surface area contributed by atoms with Gasteiger partial charge >= 0.3 is 0 Å². The highest BCUT2D eigenvalue weighted by molar-refractivity contribution is 6.17. The summed E-state index contributed by atoms with van der Waals surface area (Å²) in [6.07, 6.45) is 28.5. The van der Waals surface area contributed by atoms with Crippen LogP contribution in [0, 0.1) is 5.41 Å². The van der Waals surface area contributed by atoms with Gasteiger partial charge in [-0.1, -0.05) is 117 Å². The molecule has 0 aromatic rings. The van der Waals surface area contributed by atoms with E-state index in [4.69, 9.17) is 11.6 Å². The van der Waals surface area contributed by atoms with Gasteiger partial charge in [0.05, 0.1) is 0 Å². The van der Waals surface area contributed by atoms with E-state index >= 15 is 0 Å². The fraction of sp³-hybridized carbons (Fsp3) is 1.00. The van der Waals surface area contributed by atoms with Crippen molar-refractivity contribution in [3.05, 3.63) is 0 Å². The highest BCUT2D eigenvalue weighted by atomic mass is 35.5. The Hall–Kier alpha value is 0.290. The molecule has 0 N–H and O–H groups in total. The van der Waals surface area contributed by atoms with Crippen LogP contribution in [-0.4, -0.2) is 5.88 Å². The van der Waals surface area contributed by atoms with Crippen molar-refractivity contribution >= 4 is 11.6 Å². The van der Waals surface area contributed by atoms with Crippen LogP contribution in [0.15, 0.2) is 0 Å². The lowest BCUT2D eigenvalue weighted by molar-refractivity contribution is 0.173. The zero-order valence-corrected chi connectivity index (χ0v) is 19.5. The van der Waals surface area contributed by atoms with Gasteiger partial charge in [-0.25, -0.2) is 0 Å². The van der Waals surface area contributed by atoms with Crippen LogP contribution < -0.4 is 0 Å². The Morgan fingerprint density at radius 1 is 0.423 bits per heavy atom. The summed E-state index contributed by atoms with van der Waals surface area (Å²) >= 11 is 5.77. The van der Waals surface area contributed by atoms with Gasteiger partial charge in [0.1, 0.15) is 0 Å². The third kappa shape index (κ3) is 15.4. The van der Waals surface area contributed by atoms with E-state index in [0.29, 0.717) is 5.41 Å². The van der Waals surface area contributed by atoms with Gasteiger partial charge in [0.15, 0.2) is 0 Å². The Balaban J connectivity index is 4.38. The molecule has 0 rings (SSSR count). The van der Waals surface area contributed by atoms with Crippen molar-refractivity contribution < 1.29 is 0 Å². The zero-order valence-electron chi connectivity index (χ0n) is 18.7. The van der Waals surface area contributed by atoms with Crippen LogP contribution in [0.1, 0.15) is 149 Å². The van der Waals surface area contributed by atoms with Crippen molar-refractivity contribution in [2.24, 2.45) is 5.41 Å². The highest BCUT2D eigenvalue weighted by Gasteiger charge is 2.27. The van der Waals surface area contributed by atoms with Crippen molar-refractivity contribution in [3.63, 3.8) is 0 Å². The third-order valence-corrected chi connectivity index (χ3v) is 6.54. The lowest BCUT2D eigenvalue weighted by atomic mass is 9.70. The van der Waals surface area contributed by atoms with Crippen molar-refractivity contribution in [1.82, 2.24) is 0 Å². The predicted molar refractivity (Wildman–Crippen MR) is 123 cm³/mol. The summed E-state index contributed by atoms with van der Waals surface area (Å²) in [5.74, 6) is 0.843. The molecule has 0 aromatic carbocycles. The van der Waals surface area contributed by atoms with E-state index in [0.717, 1.165) is 5.88 Å². The van der Waals surface area contributed by atoms with Crippen LogP contribution in [0.25, 0.3) is 0 Å². The van der Waals surface area contributed by atoms with Crippen LogP contribution in [0.2, 0.25) is 0 Å². The van der Waals surface area contributed by atoms with Crippen molar-refractivity contribution in [3.8, 4) is 0 Å². The van der Waals surface area contributed by atoms with Crippen molar-refractivity contribution in [1.29, 1.82) is 0 Å². The average Bonchev–Trinajstić information content (AvgIpc) is 2.64. The number of halogens is 1. The van der Waals surface area contributed by atoms with Crippen molar-refractivity contribution in [2.45, 2.75) is 149 Å². The van der Waals surface area contributed by atoms with Gasteiger partial charge in [0.25, 0.3) is 0 Å². The summed E-state index contributed by atoms with van der Waals surface area (Å²) < 4.78 is 0. The predicted octanol–water partition coefficient (Wildman–Crippen LogP) is 10.1. The second kappa shape index (κ2) is 20.0. The zero-order chi connectivity index (χ0) is 19.3. The minimum Gasteiger partial charge on any atom is -0.127 e. The summed E-state index contributed by atoms with van der Waals surface area (Å²) in [5, 5.41) is 0. The average molecular weight is 387 g/mol. The van der Waals surface area contributed by atoms with Crippen LogP contribution in [0.3, 0.4) is 0 Å². The maximum absolute atomic E-state index is 5.77. The van der Waals surface area contributed by atoms with Crippen LogP contribution >= 0.6 is 11.6 Å². The molecule has 0 amide bonds. The van der Waals surface area contributed by atoms with Crippen LogP contribution in [0.5, 0.6) is 0 Å². The highest BCUT2D eigenvalue weighted by Crippen LogP contribution is 2.42. The summed E-state index contributed by atoms with van der Waals surface area (Å²) in [4.78, 5) is 0. The molecule has 0 radical (unpaired) electrons. The first-order valence-electron chi connectivity index (χ1n) is 12.3. The molecule has 0 aliphatic carbocycles. The maximum atomic E-state index is 5.77. The van der Waals surface area contributed by atoms with Gasteiger partial charge in [-0.05, 0) is 37.5 Å². The largest absolute Gasteiger partial charge is 0.127 e.